The van der Waals surface area contributed by atoms with Crippen LogP contribution >= 0.6 is 11.6 Å². The van der Waals surface area contributed by atoms with E-state index in [4.69, 9.17) is 11.6 Å². The van der Waals surface area contributed by atoms with Crippen LogP contribution in [0.2, 0.25) is 5.02 Å². The molecule has 0 aliphatic carbocycles. The maximum absolute atomic E-state index is 13.2. The largest absolute Gasteiger partial charge is 0.348 e. The summed E-state index contributed by atoms with van der Waals surface area (Å²) < 4.78 is 13.2. The first-order chi connectivity index (χ1) is 16.4. The van der Waals surface area contributed by atoms with Crippen molar-refractivity contribution in [2.45, 2.75) is 38.3 Å². The number of hydrogen-bond donors (Lipinski definition) is 1. The minimum Gasteiger partial charge on any atom is -0.348 e. The predicted molar refractivity (Wildman–Crippen MR) is 132 cm³/mol. The van der Waals surface area contributed by atoms with E-state index in [-0.39, 0.29) is 11.7 Å². The first-order valence-electron chi connectivity index (χ1n) is 11.4. The minimum absolute atomic E-state index is 0.185. The lowest BCUT2D eigenvalue weighted by Gasteiger charge is -2.38. The van der Waals surface area contributed by atoms with Gasteiger partial charge in [0.1, 0.15) is 5.82 Å². The van der Waals surface area contributed by atoms with E-state index in [1.165, 1.54) is 12.1 Å². The molecule has 0 radical (unpaired) electrons. The lowest BCUT2D eigenvalue weighted by Crippen LogP contribution is -2.42. The summed E-state index contributed by atoms with van der Waals surface area (Å²) in [4.78, 5) is 15.1. The number of nitrogens with zero attached hydrogens (tertiary/aromatic N) is 2. The molecule has 0 spiro atoms. The van der Waals surface area contributed by atoms with Crippen LogP contribution in [0.25, 0.3) is 0 Å². The Morgan fingerprint density at radius 1 is 1.09 bits per heavy atom. The normalized spacial score (nSPS) is 15.5. The van der Waals surface area contributed by atoms with Crippen molar-refractivity contribution in [3.8, 4) is 6.07 Å². The Morgan fingerprint density at radius 3 is 2.50 bits per heavy atom. The van der Waals surface area contributed by atoms with Gasteiger partial charge >= 0.3 is 0 Å². The standard InChI is InChI=1S/C28H27ClFN3O/c1-20-24(6-4-8-26(20)29)27(34)32-17-22-5-2-3-7-25(22)28(19-31)13-15-33(16-14-28)18-21-9-11-23(30)12-10-21/h2-12H,13-18H2,1H3,(H,32,34). The van der Waals surface area contributed by atoms with Crippen LogP contribution in [0, 0.1) is 24.1 Å². The van der Waals surface area contributed by atoms with Crippen molar-refractivity contribution in [3.63, 3.8) is 0 Å². The predicted octanol–water partition coefficient (Wildman–Crippen LogP) is 5.77. The van der Waals surface area contributed by atoms with Crippen LogP contribution in [0.4, 0.5) is 4.39 Å². The minimum atomic E-state index is -0.605. The lowest BCUT2D eigenvalue weighted by molar-refractivity contribution is 0.0950. The summed E-state index contributed by atoms with van der Waals surface area (Å²) >= 11 is 6.17. The molecule has 4 rings (SSSR count). The maximum Gasteiger partial charge on any atom is 0.251 e. The summed E-state index contributed by atoms with van der Waals surface area (Å²) in [5.41, 5.74) is 3.68. The molecule has 34 heavy (non-hydrogen) atoms. The Morgan fingerprint density at radius 2 is 1.79 bits per heavy atom. The Labute approximate surface area is 205 Å². The summed E-state index contributed by atoms with van der Waals surface area (Å²) in [6, 6.07) is 22.3. The molecule has 174 valence electrons. The average molecular weight is 476 g/mol. The van der Waals surface area contributed by atoms with Gasteiger partial charge in [0.05, 0.1) is 11.5 Å². The fourth-order valence-corrected chi connectivity index (χ4v) is 4.82. The summed E-state index contributed by atoms with van der Waals surface area (Å²) in [7, 11) is 0. The van der Waals surface area contributed by atoms with E-state index in [2.05, 4.69) is 16.3 Å². The van der Waals surface area contributed by atoms with E-state index >= 15 is 0 Å². The third kappa shape index (κ3) is 5.14. The zero-order chi connectivity index (χ0) is 24.1. The van der Waals surface area contributed by atoms with Gasteiger partial charge in [-0.25, -0.2) is 4.39 Å². The molecule has 0 bridgehead atoms. The number of amides is 1. The average Bonchev–Trinajstić information content (AvgIpc) is 2.86. The van der Waals surface area contributed by atoms with E-state index in [0.717, 1.165) is 41.9 Å². The van der Waals surface area contributed by atoms with Gasteiger partial charge in [0.2, 0.25) is 0 Å². The Bertz CT molecular complexity index is 1210. The second-order valence-electron chi connectivity index (χ2n) is 8.85. The van der Waals surface area contributed by atoms with Gasteiger partial charge in [0, 0.05) is 36.8 Å². The van der Waals surface area contributed by atoms with Crippen LogP contribution < -0.4 is 5.32 Å². The van der Waals surface area contributed by atoms with E-state index in [1.807, 2.05) is 31.2 Å². The number of benzene rings is 3. The van der Waals surface area contributed by atoms with Crippen molar-refractivity contribution in [2.75, 3.05) is 13.1 Å². The molecule has 1 amide bonds. The molecule has 1 aliphatic rings. The molecule has 6 heteroatoms. The Hall–Kier alpha value is -3.20. The highest BCUT2D eigenvalue weighted by Gasteiger charge is 2.37. The number of piperidine rings is 1. The number of hydrogen-bond acceptors (Lipinski definition) is 3. The van der Waals surface area contributed by atoms with Gasteiger partial charge in [0.15, 0.2) is 0 Å². The van der Waals surface area contributed by atoms with Crippen LogP contribution in [-0.2, 0) is 18.5 Å². The zero-order valence-corrected chi connectivity index (χ0v) is 19.9. The van der Waals surface area contributed by atoms with Gasteiger partial charge < -0.3 is 5.32 Å². The second-order valence-corrected chi connectivity index (χ2v) is 9.26. The van der Waals surface area contributed by atoms with Crippen molar-refractivity contribution in [1.82, 2.24) is 10.2 Å². The molecule has 3 aromatic carbocycles. The maximum atomic E-state index is 13.2. The second kappa shape index (κ2) is 10.4. The highest BCUT2D eigenvalue weighted by molar-refractivity contribution is 6.31. The Balaban J connectivity index is 1.46. The topological polar surface area (TPSA) is 56.1 Å². The van der Waals surface area contributed by atoms with Crippen molar-refractivity contribution < 1.29 is 9.18 Å². The fourth-order valence-electron chi connectivity index (χ4n) is 4.65. The molecule has 0 aromatic heterocycles. The molecule has 0 unspecified atom stereocenters. The summed E-state index contributed by atoms with van der Waals surface area (Å²) in [6.45, 7) is 4.44. The van der Waals surface area contributed by atoms with Crippen molar-refractivity contribution in [3.05, 3.63) is 105 Å². The molecule has 1 heterocycles. The quantitative estimate of drug-likeness (QED) is 0.492. The number of nitriles is 1. The number of carbonyl (C=O) groups is 1. The van der Waals surface area contributed by atoms with Crippen LogP contribution in [0.1, 0.15) is 45.5 Å². The van der Waals surface area contributed by atoms with Crippen LogP contribution in [0.15, 0.2) is 66.7 Å². The lowest BCUT2D eigenvalue weighted by atomic mass is 9.72. The number of rotatable bonds is 6. The molecule has 1 N–H and O–H groups in total. The van der Waals surface area contributed by atoms with Crippen molar-refractivity contribution in [1.29, 1.82) is 5.26 Å². The van der Waals surface area contributed by atoms with E-state index in [9.17, 15) is 14.4 Å². The molecule has 4 nitrogen and oxygen atoms in total. The number of halogens is 2. The van der Waals surface area contributed by atoms with Gasteiger partial charge in [-0.3, -0.25) is 9.69 Å². The van der Waals surface area contributed by atoms with Crippen molar-refractivity contribution in [2.24, 2.45) is 0 Å². The first kappa shape index (κ1) is 23.9. The molecule has 3 aromatic rings. The van der Waals surface area contributed by atoms with E-state index in [1.54, 1.807) is 30.3 Å². The van der Waals surface area contributed by atoms with Gasteiger partial charge in [-0.15, -0.1) is 0 Å². The summed E-state index contributed by atoms with van der Waals surface area (Å²) in [5, 5.41) is 13.8. The molecule has 1 aliphatic heterocycles. The third-order valence-corrected chi connectivity index (χ3v) is 7.14. The van der Waals surface area contributed by atoms with Crippen molar-refractivity contribution >= 4 is 17.5 Å². The summed E-state index contributed by atoms with van der Waals surface area (Å²) in [6.07, 6.45) is 1.39. The molecule has 0 saturated carbocycles. The highest BCUT2D eigenvalue weighted by Crippen LogP contribution is 2.37. The summed E-state index contributed by atoms with van der Waals surface area (Å²) in [5.74, 6) is -0.421. The van der Waals surface area contributed by atoms with Gasteiger partial charge in [0.25, 0.3) is 5.91 Å². The van der Waals surface area contributed by atoms with E-state index < -0.39 is 5.41 Å². The van der Waals surface area contributed by atoms with Crippen LogP contribution in [-0.4, -0.2) is 23.9 Å². The number of carbonyl (C=O) groups excluding carboxylic acids is 1. The number of likely N-dealkylation sites (tertiary alicyclic amines) is 1. The van der Waals surface area contributed by atoms with Crippen LogP contribution in [0.5, 0.6) is 0 Å². The highest BCUT2D eigenvalue weighted by atomic mass is 35.5. The molecule has 0 atom stereocenters. The van der Waals surface area contributed by atoms with Gasteiger partial charge in [-0.1, -0.05) is 54.1 Å². The molecular formula is C28H27ClFN3O. The SMILES string of the molecule is Cc1c(Cl)cccc1C(=O)NCc1ccccc1C1(C#N)CCN(Cc2ccc(F)cc2)CC1. The monoisotopic (exact) mass is 475 g/mol. The zero-order valence-electron chi connectivity index (χ0n) is 19.2. The van der Waals surface area contributed by atoms with Crippen LogP contribution in [0.3, 0.4) is 0 Å². The molecular weight excluding hydrogens is 449 g/mol. The smallest absolute Gasteiger partial charge is 0.251 e. The van der Waals surface area contributed by atoms with Gasteiger partial charge in [-0.2, -0.15) is 5.26 Å². The van der Waals surface area contributed by atoms with E-state index in [0.29, 0.717) is 30.0 Å². The Kier molecular flexibility index (Phi) is 7.31. The third-order valence-electron chi connectivity index (χ3n) is 6.73. The molecule has 1 saturated heterocycles. The number of nitrogens with one attached hydrogen (secondary N) is 1. The first-order valence-corrected chi connectivity index (χ1v) is 11.8. The molecule has 1 fully saturated rings. The fraction of sp³-hybridized carbons (Fsp3) is 0.286. The van der Waals surface area contributed by atoms with Gasteiger partial charge in [-0.05, 0) is 66.3 Å².